The van der Waals surface area contributed by atoms with Gasteiger partial charge in [0.2, 0.25) is 0 Å². The van der Waals surface area contributed by atoms with Gasteiger partial charge in [0.15, 0.2) is 0 Å². The van der Waals surface area contributed by atoms with Gasteiger partial charge < -0.3 is 9.13 Å². The van der Waals surface area contributed by atoms with E-state index in [0.717, 1.165) is 10.0 Å². The Morgan fingerprint density at radius 3 is 2.53 bits per heavy atom. The van der Waals surface area contributed by atoms with Gasteiger partial charge in [-0.1, -0.05) is 34.1 Å². The van der Waals surface area contributed by atoms with Crippen molar-refractivity contribution in [2.24, 2.45) is 7.05 Å². The van der Waals surface area contributed by atoms with Gasteiger partial charge in [0.25, 0.3) is 0 Å². The molecule has 0 N–H and O–H groups in total. The van der Waals surface area contributed by atoms with E-state index in [9.17, 15) is 9.59 Å². The third kappa shape index (κ3) is 2.39. The molecule has 0 aliphatic carbocycles. The predicted octanol–water partition coefficient (Wildman–Crippen LogP) is 1.36. The summed E-state index contributed by atoms with van der Waals surface area (Å²) in [7, 11) is 1.56. The van der Waals surface area contributed by atoms with Crippen molar-refractivity contribution in [2.75, 3.05) is 0 Å². The van der Waals surface area contributed by atoms with Crippen LogP contribution >= 0.6 is 15.9 Å². The van der Waals surface area contributed by atoms with Gasteiger partial charge in [-0.2, -0.15) is 0 Å². The first-order chi connectivity index (χ1) is 8.09. The second-order valence-corrected chi connectivity index (χ2v) is 4.59. The maximum absolute atomic E-state index is 11.7. The quantitative estimate of drug-likeness (QED) is 0.785. The minimum atomic E-state index is -0.514. The summed E-state index contributed by atoms with van der Waals surface area (Å²) in [5.41, 5.74) is -0.0619. The molecule has 0 saturated carbocycles. The second kappa shape index (κ2) is 4.71. The van der Waals surface area contributed by atoms with Gasteiger partial charge in [-0.25, -0.2) is 0 Å². The average Bonchev–Trinajstić information content (AvgIpc) is 2.32. The van der Waals surface area contributed by atoms with Crippen LogP contribution in [0.25, 0.3) is 0 Å². The summed E-state index contributed by atoms with van der Waals surface area (Å²) in [6.07, 6.45) is 3.20. The molecule has 0 aliphatic rings. The largest absolute Gasteiger partial charge is 0.316 e. The SMILES string of the molecule is Cn1ccn(Cc2ccccc2Br)c(=O)c1=O. The van der Waals surface area contributed by atoms with Crippen molar-refractivity contribution >= 4 is 15.9 Å². The van der Waals surface area contributed by atoms with E-state index in [4.69, 9.17) is 0 Å². The second-order valence-electron chi connectivity index (χ2n) is 3.74. The summed E-state index contributed by atoms with van der Waals surface area (Å²) in [6, 6.07) is 7.61. The molecule has 0 amide bonds. The van der Waals surface area contributed by atoms with E-state index >= 15 is 0 Å². The van der Waals surface area contributed by atoms with Crippen molar-refractivity contribution in [3.8, 4) is 0 Å². The van der Waals surface area contributed by atoms with E-state index < -0.39 is 11.1 Å². The van der Waals surface area contributed by atoms with Crippen LogP contribution in [0.4, 0.5) is 0 Å². The number of benzene rings is 1. The third-order valence-electron chi connectivity index (χ3n) is 2.53. The summed E-state index contributed by atoms with van der Waals surface area (Å²) in [5.74, 6) is 0. The van der Waals surface area contributed by atoms with Crippen molar-refractivity contribution < 1.29 is 0 Å². The molecule has 0 aliphatic heterocycles. The summed E-state index contributed by atoms with van der Waals surface area (Å²) in [6.45, 7) is 0.385. The maximum atomic E-state index is 11.7. The Morgan fingerprint density at radius 1 is 1.12 bits per heavy atom. The van der Waals surface area contributed by atoms with Crippen LogP contribution < -0.4 is 11.1 Å². The van der Waals surface area contributed by atoms with E-state index in [1.807, 2.05) is 24.3 Å². The van der Waals surface area contributed by atoms with Crippen LogP contribution in [0, 0.1) is 0 Å². The van der Waals surface area contributed by atoms with Crippen molar-refractivity contribution in [1.82, 2.24) is 9.13 Å². The molecule has 2 rings (SSSR count). The zero-order valence-electron chi connectivity index (χ0n) is 9.26. The van der Waals surface area contributed by atoms with Crippen LogP contribution in [0.5, 0.6) is 0 Å². The Hall–Kier alpha value is -1.62. The fraction of sp³-hybridized carbons (Fsp3) is 0.167. The normalized spacial score (nSPS) is 10.5. The van der Waals surface area contributed by atoms with Crippen LogP contribution in [-0.4, -0.2) is 9.13 Å². The van der Waals surface area contributed by atoms with Gasteiger partial charge in [-0.15, -0.1) is 0 Å². The van der Waals surface area contributed by atoms with E-state index in [1.54, 1.807) is 19.4 Å². The van der Waals surface area contributed by atoms with Gasteiger partial charge in [0, 0.05) is 23.9 Å². The minimum Gasteiger partial charge on any atom is -0.312 e. The summed E-state index contributed by atoms with van der Waals surface area (Å²) in [4.78, 5) is 23.2. The molecule has 0 atom stereocenters. The van der Waals surface area contributed by atoms with Crippen molar-refractivity contribution in [1.29, 1.82) is 0 Å². The molecule has 0 saturated heterocycles. The molecule has 2 aromatic rings. The molecule has 88 valence electrons. The number of hydrogen-bond donors (Lipinski definition) is 0. The Bertz CT molecular complexity index is 658. The van der Waals surface area contributed by atoms with E-state index in [2.05, 4.69) is 15.9 Å². The first kappa shape index (κ1) is 11.9. The number of nitrogens with zero attached hydrogens (tertiary/aromatic N) is 2. The van der Waals surface area contributed by atoms with Gasteiger partial charge in [-0.3, -0.25) is 9.59 Å². The molecule has 1 aromatic heterocycles. The molecule has 17 heavy (non-hydrogen) atoms. The molecule has 5 heteroatoms. The zero-order valence-corrected chi connectivity index (χ0v) is 10.8. The van der Waals surface area contributed by atoms with Crippen LogP contribution in [0.3, 0.4) is 0 Å². The van der Waals surface area contributed by atoms with Crippen LogP contribution in [0.1, 0.15) is 5.56 Å². The number of halogens is 1. The molecular weight excluding hydrogens is 284 g/mol. The Balaban J connectivity index is 2.45. The van der Waals surface area contributed by atoms with E-state index in [1.165, 1.54) is 9.13 Å². The van der Waals surface area contributed by atoms with Crippen molar-refractivity contribution in [3.63, 3.8) is 0 Å². The predicted molar refractivity (Wildman–Crippen MR) is 69.2 cm³/mol. The van der Waals surface area contributed by atoms with Crippen molar-refractivity contribution in [3.05, 3.63) is 67.4 Å². The summed E-state index contributed by atoms with van der Waals surface area (Å²) in [5, 5.41) is 0. The minimum absolute atomic E-state index is 0.385. The topological polar surface area (TPSA) is 44.0 Å². The van der Waals surface area contributed by atoms with E-state index in [-0.39, 0.29) is 0 Å². The highest BCUT2D eigenvalue weighted by atomic mass is 79.9. The van der Waals surface area contributed by atoms with Gasteiger partial charge in [0.05, 0.1) is 6.54 Å². The smallest absolute Gasteiger partial charge is 0.312 e. The standard InChI is InChI=1S/C12H11BrN2O2/c1-14-6-7-15(12(17)11(14)16)8-9-4-2-3-5-10(9)13/h2-7H,8H2,1H3. The van der Waals surface area contributed by atoms with Gasteiger partial charge in [0.1, 0.15) is 0 Å². The average molecular weight is 295 g/mol. The number of aryl methyl sites for hydroxylation is 1. The molecule has 1 aromatic carbocycles. The van der Waals surface area contributed by atoms with Crippen LogP contribution in [0.2, 0.25) is 0 Å². The first-order valence-electron chi connectivity index (χ1n) is 5.09. The summed E-state index contributed by atoms with van der Waals surface area (Å²) >= 11 is 3.41. The number of aromatic nitrogens is 2. The number of rotatable bonds is 2. The monoisotopic (exact) mass is 294 g/mol. The highest BCUT2D eigenvalue weighted by Gasteiger charge is 2.04. The molecule has 0 bridgehead atoms. The van der Waals surface area contributed by atoms with Crippen LogP contribution in [-0.2, 0) is 13.6 Å². The lowest BCUT2D eigenvalue weighted by molar-refractivity contribution is 0.694. The molecule has 0 spiro atoms. The lowest BCUT2D eigenvalue weighted by atomic mass is 10.2. The fourth-order valence-electron chi connectivity index (χ4n) is 1.52. The van der Waals surface area contributed by atoms with Crippen molar-refractivity contribution in [2.45, 2.75) is 6.54 Å². The summed E-state index contributed by atoms with van der Waals surface area (Å²) < 4.78 is 3.61. The first-order valence-corrected chi connectivity index (χ1v) is 5.88. The Morgan fingerprint density at radius 2 is 1.82 bits per heavy atom. The maximum Gasteiger partial charge on any atom is 0.316 e. The molecule has 0 unspecified atom stereocenters. The van der Waals surface area contributed by atoms with Gasteiger partial charge >= 0.3 is 11.1 Å². The highest BCUT2D eigenvalue weighted by molar-refractivity contribution is 9.10. The zero-order chi connectivity index (χ0) is 12.4. The molecule has 0 radical (unpaired) electrons. The Kier molecular flexibility index (Phi) is 3.28. The number of hydrogen-bond acceptors (Lipinski definition) is 2. The molecule has 1 heterocycles. The van der Waals surface area contributed by atoms with E-state index in [0.29, 0.717) is 6.54 Å². The third-order valence-corrected chi connectivity index (χ3v) is 3.31. The van der Waals surface area contributed by atoms with Gasteiger partial charge in [-0.05, 0) is 11.6 Å². The lowest BCUT2D eigenvalue weighted by Crippen LogP contribution is -2.39. The lowest BCUT2D eigenvalue weighted by Gasteiger charge is -2.07. The molecule has 0 fully saturated rings. The Labute approximate surface area is 106 Å². The fourth-order valence-corrected chi connectivity index (χ4v) is 1.93. The molecule has 4 nitrogen and oxygen atoms in total. The molecular formula is C12H11BrN2O2. The van der Waals surface area contributed by atoms with Crippen LogP contribution in [0.15, 0.2) is 50.7 Å². The highest BCUT2D eigenvalue weighted by Crippen LogP contribution is 2.16.